The van der Waals surface area contributed by atoms with E-state index in [1.165, 1.54) is 12.1 Å². The van der Waals surface area contributed by atoms with E-state index in [2.05, 4.69) is 0 Å². The van der Waals surface area contributed by atoms with Gasteiger partial charge in [-0.3, -0.25) is 10.1 Å². The molecule has 0 fully saturated rings. The van der Waals surface area contributed by atoms with E-state index in [1.807, 2.05) is 0 Å². The molecule has 1 aromatic carbocycles. The molecule has 0 aliphatic heterocycles. The third-order valence-corrected chi connectivity index (χ3v) is 1.60. The molecule has 0 saturated heterocycles. The Kier molecular flexibility index (Phi) is 2.62. The molecule has 14 heavy (non-hydrogen) atoms. The van der Waals surface area contributed by atoms with Crippen molar-refractivity contribution in [1.82, 2.24) is 0 Å². The van der Waals surface area contributed by atoms with Crippen molar-refractivity contribution in [1.29, 1.82) is 0 Å². The molecule has 0 aromatic heterocycles. The maximum atomic E-state index is 10.7. The van der Waals surface area contributed by atoms with E-state index in [1.54, 1.807) is 20.8 Å². The van der Waals surface area contributed by atoms with Crippen LogP contribution in [0.15, 0.2) is 18.2 Å². The fourth-order valence-electron chi connectivity index (χ4n) is 1.06. The van der Waals surface area contributed by atoms with Crippen LogP contribution in [-0.2, 0) is 0 Å². The summed E-state index contributed by atoms with van der Waals surface area (Å²) in [5, 5.41) is 10.7. The fourth-order valence-corrected chi connectivity index (χ4v) is 1.06. The second-order valence-electron chi connectivity index (χ2n) is 3.29. The number of rotatable bonds is 3. The Morgan fingerprint density at radius 1 is 1.64 bits per heavy atom. The van der Waals surface area contributed by atoms with Gasteiger partial charge in [-0.15, -0.1) is 0 Å². The first-order chi connectivity index (χ1) is 6.91. The van der Waals surface area contributed by atoms with Crippen LogP contribution in [0.5, 0.6) is 5.75 Å². The third-order valence-electron chi connectivity index (χ3n) is 1.60. The standard InChI is InChI=1S/C10H13NO3/c1-7(2)14-10-5-4-8(3)6-9(10)11(12)13/h4-7H,1-3H3/i4T. The monoisotopic (exact) mass is 197 g/mol. The second kappa shape index (κ2) is 4.09. The molecule has 0 heterocycles. The van der Waals surface area contributed by atoms with E-state index in [9.17, 15) is 10.1 Å². The second-order valence-corrected chi connectivity index (χ2v) is 3.29. The molecule has 0 aliphatic carbocycles. The summed E-state index contributed by atoms with van der Waals surface area (Å²) in [6.07, 6.45) is -0.147. The zero-order chi connectivity index (χ0) is 11.6. The van der Waals surface area contributed by atoms with E-state index in [0.717, 1.165) is 0 Å². The van der Waals surface area contributed by atoms with E-state index in [4.69, 9.17) is 6.11 Å². The fraction of sp³-hybridized carbons (Fsp3) is 0.400. The first kappa shape index (κ1) is 8.99. The molecule has 1 rings (SSSR count). The lowest BCUT2D eigenvalue weighted by Gasteiger charge is -2.09. The SMILES string of the molecule is [3H]c1cc(OC(C)C)c([N+](=O)[O-])cc1C. The normalized spacial score (nSPS) is 11.3. The van der Waals surface area contributed by atoms with Gasteiger partial charge < -0.3 is 4.74 Å². The Hall–Kier alpha value is -1.58. The molecule has 76 valence electrons. The van der Waals surface area contributed by atoms with E-state index >= 15 is 0 Å². The Balaban J connectivity index is 3.22. The van der Waals surface area contributed by atoms with Crippen LogP contribution >= 0.6 is 0 Å². The third kappa shape index (κ3) is 2.45. The summed E-state index contributed by atoms with van der Waals surface area (Å²) >= 11 is 0. The predicted octanol–water partition coefficient (Wildman–Crippen LogP) is 2.69. The van der Waals surface area contributed by atoms with Gasteiger partial charge in [0.05, 0.1) is 12.4 Å². The van der Waals surface area contributed by atoms with Gasteiger partial charge in [0.15, 0.2) is 5.75 Å². The number of aryl methyl sites for hydroxylation is 1. The zero-order valence-electron chi connectivity index (χ0n) is 9.40. The number of nitro groups is 1. The van der Waals surface area contributed by atoms with Crippen LogP contribution in [0.25, 0.3) is 0 Å². The summed E-state index contributed by atoms with van der Waals surface area (Å²) in [6, 6.07) is 2.99. The Morgan fingerprint density at radius 3 is 2.79 bits per heavy atom. The Labute approximate surface area is 84.1 Å². The van der Waals surface area contributed by atoms with Crippen molar-refractivity contribution in [2.24, 2.45) is 0 Å². The lowest BCUT2D eigenvalue weighted by molar-refractivity contribution is -0.386. The lowest BCUT2D eigenvalue weighted by Crippen LogP contribution is -2.07. The van der Waals surface area contributed by atoms with Crippen molar-refractivity contribution < 1.29 is 11.0 Å². The van der Waals surface area contributed by atoms with Gasteiger partial charge in [-0.2, -0.15) is 0 Å². The van der Waals surface area contributed by atoms with Crippen LogP contribution < -0.4 is 4.74 Å². The molecule has 0 aliphatic rings. The van der Waals surface area contributed by atoms with E-state index in [0.29, 0.717) is 5.56 Å². The Bertz CT molecular complexity index is 390. The van der Waals surface area contributed by atoms with Gasteiger partial charge in [-0.05, 0) is 32.4 Å². The van der Waals surface area contributed by atoms with Gasteiger partial charge in [0.25, 0.3) is 0 Å². The highest BCUT2D eigenvalue weighted by Gasteiger charge is 2.15. The van der Waals surface area contributed by atoms with Crippen LogP contribution in [0.1, 0.15) is 20.8 Å². The molecule has 0 amide bonds. The quantitative estimate of drug-likeness (QED) is 0.553. The molecule has 4 heteroatoms. The minimum atomic E-state index is -0.496. The topological polar surface area (TPSA) is 52.4 Å². The van der Waals surface area contributed by atoms with Gasteiger partial charge in [0, 0.05) is 6.07 Å². The van der Waals surface area contributed by atoms with Crippen LogP contribution in [0.4, 0.5) is 5.69 Å². The number of ether oxygens (including phenoxy) is 1. The van der Waals surface area contributed by atoms with Gasteiger partial charge in [-0.1, -0.05) is 6.04 Å². The highest BCUT2D eigenvalue weighted by molar-refractivity contribution is 5.48. The summed E-state index contributed by atoms with van der Waals surface area (Å²) in [4.78, 5) is 10.2. The molecule has 0 spiro atoms. The molecule has 0 N–H and O–H groups in total. The minimum absolute atomic E-state index is 0.0859. The van der Waals surface area contributed by atoms with Gasteiger partial charge in [-0.25, -0.2) is 0 Å². The van der Waals surface area contributed by atoms with Crippen LogP contribution in [0, 0.1) is 17.0 Å². The molecular formula is C10H13NO3. The minimum Gasteiger partial charge on any atom is -0.484 e. The predicted molar refractivity (Wildman–Crippen MR) is 53.6 cm³/mol. The van der Waals surface area contributed by atoms with Gasteiger partial charge in [0.1, 0.15) is 0 Å². The van der Waals surface area contributed by atoms with Gasteiger partial charge >= 0.3 is 5.69 Å². The summed E-state index contributed by atoms with van der Waals surface area (Å²) in [6.45, 7) is 5.23. The molecule has 0 atom stereocenters. The van der Waals surface area contributed by atoms with Crippen LogP contribution in [0.2, 0.25) is 0 Å². The first-order valence-electron chi connectivity index (χ1n) is 4.84. The van der Waals surface area contributed by atoms with Crippen molar-refractivity contribution in [2.45, 2.75) is 26.9 Å². The molecule has 0 saturated carbocycles. The van der Waals surface area contributed by atoms with Crippen molar-refractivity contribution in [3.8, 4) is 5.75 Å². The molecule has 4 nitrogen and oxygen atoms in total. The number of hydrogen-bond donors (Lipinski definition) is 0. The van der Waals surface area contributed by atoms with Gasteiger partial charge in [0.2, 0.25) is 0 Å². The van der Waals surface area contributed by atoms with Crippen LogP contribution in [0.3, 0.4) is 0 Å². The Morgan fingerprint density at radius 2 is 2.29 bits per heavy atom. The maximum absolute atomic E-state index is 10.7. The molecule has 0 bridgehead atoms. The number of hydrogen-bond acceptors (Lipinski definition) is 3. The lowest BCUT2D eigenvalue weighted by atomic mass is 10.2. The first-order valence-corrected chi connectivity index (χ1v) is 4.34. The van der Waals surface area contributed by atoms with Crippen molar-refractivity contribution in [3.05, 3.63) is 33.9 Å². The van der Waals surface area contributed by atoms with Crippen LogP contribution in [-0.4, -0.2) is 11.0 Å². The average Bonchev–Trinajstić information content (AvgIpc) is 2.09. The molecule has 1 aromatic rings. The largest absolute Gasteiger partial charge is 0.484 e. The average molecular weight is 197 g/mol. The molecule has 0 radical (unpaired) electrons. The van der Waals surface area contributed by atoms with E-state index in [-0.39, 0.29) is 23.6 Å². The number of nitrogens with zero attached hydrogens (tertiary/aromatic N) is 1. The summed E-state index contributed by atoms with van der Waals surface area (Å²) < 4.78 is 12.8. The van der Waals surface area contributed by atoms with E-state index < -0.39 is 4.92 Å². The summed E-state index contributed by atoms with van der Waals surface area (Å²) in [7, 11) is 0. The number of benzene rings is 1. The smallest absolute Gasteiger partial charge is 0.311 e. The zero-order valence-corrected chi connectivity index (χ0v) is 8.40. The maximum Gasteiger partial charge on any atom is 0.311 e. The number of nitro benzene ring substituents is 1. The van der Waals surface area contributed by atoms with Crippen molar-refractivity contribution in [2.75, 3.05) is 0 Å². The van der Waals surface area contributed by atoms with Crippen molar-refractivity contribution >= 4 is 5.69 Å². The molecular weight excluding hydrogens is 182 g/mol. The highest BCUT2D eigenvalue weighted by atomic mass is 16.6. The highest BCUT2D eigenvalue weighted by Crippen LogP contribution is 2.28. The summed E-state index contributed by atoms with van der Waals surface area (Å²) in [5.74, 6) is 0.158. The molecule has 0 unspecified atom stereocenters. The van der Waals surface area contributed by atoms with Crippen molar-refractivity contribution in [3.63, 3.8) is 0 Å². The summed E-state index contributed by atoms with van der Waals surface area (Å²) in [5.41, 5.74) is 0.481.